The van der Waals surface area contributed by atoms with Crippen LogP contribution in [0.25, 0.3) is 17.0 Å². The predicted molar refractivity (Wildman–Crippen MR) is 111 cm³/mol. The summed E-state index contributed by atoms with van der Waals surface area (Å²) < 4.78 is 12.3. The van der Waals surface area contributed by atoms with Crippen LogP contribution < -0.4 is 4.74 Å². The number of carboxylic acid groups (broad SMARTS) is 1. The van der Waals surface area contributed by atoms with Crippen LogP contribution in [0, 0.1) is 0 Å². The van der Waals surface area contributed by atoms with Crippen LogP contribution in [0.1, 0.15) is 33.5 Å². The van der Waals surface area contributed by atoms with Crippen LogP contribution in [0.5, 0.6) is 5.75 Å². The summed E-state index contributed by atoms with van der Waals surface area (Å²) in [6, 6.07) is 11.3. The van der Waals surface area contributed by atoms with E-state index in [2.05, 4.69) is 16.8 Å². The number of nitrogens with zero attached hydrogens (tertiary/aromatic N) is 1. The van der Waals surface area contributed by atoms with Gasteiger partial charge in [-0.15, -0.1) is 0 Å². The Labute approximate surface area is 169 Å². The molecule has 1 aromatic heterocycles. The van der Waals surface area contributed by atoms with Crippen molar-refractivity contribution >= 4 is 28.9 Å². The number of aliphatic carboxylic acids is 1. The monoisotopic (exact) mass is 393 g/mol. The molecule has 0 bridgehead atoms. The highest BCUT2D eigenvalue weighted by Gasteiger charge is 2.14. The number of carbonyl (C=O) groups excluding carboxylic acids is 1. The lowest BCUT2D eigenvalue weighted by Crippen LogP contribution is -2.03. The molecule has 0 aliphatic rings. The topological polar surface area (TPSA) is 77.8 Å². The molecular weight excluding hydrogens is 370 g/mol. The largest absolute Gasteiger partial charge is 0.496 e. The van der Waals surface area contributed by atoms with Gasteiger partial charge in [0.1, 0.15) is 5.75 Å². The van der Waals surface area contributed by atoms with Gasteiger partial charge in [-0.25, -0.2) is 4.79 Å². The number of esters is 1. The van der Waals surface area contributed by atoms with Crippen LogP contribution in [-0.4, -0.2) is 35.8 Å². The van der Waals surface area contributed by atoms with Crippen molar-refractivity contribution in [3.63, 3.8) is 0 Å². The number of benzene rings is 2. The van der Waals surface area contributed by atoms with E-state index in [4.69, 9.17) is 14.6 Å². The van der Waals surface area contributed by atoms with Gasteiger partial charge in [0.05, 0.1) is 26.2 Å². The molecule has 6 nitrogen and oxygen atoms in total. The zero-order chi connectivity index (χ0) is 21.0. The number of ether oxygens (including phenoxy) is 2. The molecule has 0 aliphatic carbocycles. The number of carbonyl (C=O) groups is 2. The third-order valence-electron chi connectivity index (χ3n) is 4.79. The lowest BCUT2D eigenvalue weighted by Gasteiger charge is -2.10. The minimum Gasteiger partial charge on any atom is -0.496 e. The molecule has 3 rings (SSSR count). The molecule has 0 aliphatic heterocycles. The van der Waals surface area contributed by atoms with E-state index in [0.717, 1.165) is 27.6 Å². The predicted octanol–water partition coefficient (Wildman–Crippen LogP) is 4.05. The van der Waals surface area contributed by atoms with E-state index in [1.165, 1.54) is 7.11 Å². The molecule has 1 N–H and O–H groups in total. The summed E-state index contributed by atoms with van der Waals surface area (Å²) in [5.74, 6) is -0.634. The maximum atomic E-state index is 11.8. The highest BCUT2D eigenvalue weighted by atomic mass is 16.5. The van der Waals surface area contributed by atoms with Crippen LogP contribution in [0.4, 0.5) is 0 Å². The van der Waals surface area contributed by atoms with Gasteiger partial charge < -0.3 is 19.1 Å². The zero-order valence-corrected chi connectivity index (χ0v) is 16.6. The first-order valence-electron chi connectivity index (χ1n) is 9.14. The Hall–Kier alpha value is -3.54. The Balaban J connectivity index is 1.96. The molecule has 0 saturated heterocycles. The molecular formula is C23H23NO5. The Bertz CT molecular complexity index is 1090. The summed E-state index contributed by atoms with van der Waals surface area (Å²) in [5.41, 5.74) is 4.54. The third-order valence-corrected chi connectivity index (χ3v) is 4.79. The molecule has 0 radical (unpaired) electrons. The number of carboxylic acids is 1. The molecule has 1 heterocycles. The molecule has 29 heavy (non-hydrogen) atoms. The Morgan fingerprint density at radius 2 is 1.90 bits per heavy atom. The minimum absolute atomic E-state index is 0.0105. The fraction of sp³-hybridized carbons (Fsp3) is 0.217. The first-order chi connectivity index (χ1) is 13.9. The third kappa shape index (κ3) is 4.48. The Morgan fingerprint density at radius 3 is 2.59 bits per heavy atom. The van der Waals surface area contributed by atoms with E-state index >= 15 is 0 Å². The molecule has 0 amide bonds. The van der Waals surface area contributed by atoms with E-state index in [-0.39, 0.29) is 6.42 Å². The molecule has 3 aromatic rings. The maximum Gasteiger partial charge on any atom is 0.337 e. The number of hydrogen-bond donors (Lipinski definition) is 1. The molecule has 0 fully saturated rings. The fourth-order valence-electron chi connectivity index (χ4n) is 3.37. The van der Waals surface area contributed by atoms with Gasteiger partial charge in [0.2, 0.25) is 0 Å². The number of rotatable bonds is 7. The van der Waals surface area contributed by atoms with Gasteiger partial charge in [-0.2, -0.15) is 0 Å². The number of aromatic nitrogens is 1. The lowest BCUT2D eigenvalue weighted by molar-refractivity contribution is -0.135. The number of aryl methyl sites for hydroxylation is 1. The quantitative estimate of drug-likeness (QED) is 0.613. The fourth-order valence-corrected chi connectivity index (χ4v) is 3.37. The van der Waals surface area contributed by atoms with Crippen molar-refractivity contribution < 1.29 is 24.2 Å². The Kier molecular flexibility index (Phi) is 6.02. The van der Waals surface area contributed by atoms with Gasteiger partial charge in [-0.1, -0.05) is 24.3 Å². The van der Waals surface area contributed by atoms with Gasteiger partial charge in [-0.05, 0) is 41.0 Å². The first-order valence-corrected chi connectivity index (χ1v) is 9.14. The molecule has 0 atom stereocenters. The second-order valence-electron chi connectivity index (χ2n) is 6.74. The van der Waals surface area contributed by atoms with Crippen molar-refractivity contribution in [1.29, 1.82) is 0 Å². The van der Waals surface area contributed by atoms with Gasteiger partial charge in [0.15, 0.2) is 0 Å². The molecule has 0 unspecified atom stereocenters. The first kappa shape index (κ1) is 20.2. The van der Waals surface area contributed by atoms with Crippen molar-refractivity contribution in [1.82, 2.24) is 4.57 Å². The van der Waals surface area contributed by atoms with Crippen LogP contribution >= 0.6 is 0 Å². The van der Waals surface area contributed by atoms with Gasteiger partial charge in [0, 0.05) is 30.6 Å². The summed E-state index contributed by atoms with van der Waals surface area (Å²) in [7, 11) is 4.92. The van der Waals surface area contributed by atoms with Crippen LogP contribution in [0.3, 0.4) is 0 Å². The van der Waals surface area contributed by atoms with Crippen molar-refractivity contribution in [3.05, 3.63) is 70.9 Å². The van der Waals surface area contributed by atoms with Crippen LogP contribution in [0.2, 0.25) is 0 Å². The van der Waals surface area contributed by atoms with E-state index in [9.17, 15) is 9.59 Å². The van der Waals surface area contributed by atoms with E-state index in [0.29, 0.717) is 17.7 Å². The summed E-state index contributed by atoms with van der Waals surface area (Å²) in [6.45, 7) is 0. The molecule has 150 valence electrons. The van der Waals surface area contributed by atoms with Crippen LogP contribution in [-0.2, 0) is 23.0 Å². The second-order valence-corrected chi connectivity index (χ2v) is 6.74. The highest BCUT2D eigenvalue weighted by molar-refractivity contribution is 5.90. The minimum atomic E-state index is -0.856. The number of fused-ring (bicyclic) bond motifs is 1. The molecule has 0 saturated carbocycles. The standard InChI is InChI=1S/C23H23NO5/c1-24-14-18(12-16-8-9-17(23(27)29-3)13-21(16)28-2)19-11-15(7-10-20(19)24)5-4-6-22(25)26/h4-5,7-11,13-14H,6,12H2,1-3H3,(H,25,26)/b5-4+. The number of methoxy groups -OCH3 is 2. The van der Waals surface area contributed by atoms with Crippen LogP contribution in [0.15, 0.2) is 48.7 Å². The van der Waals surface area contributed by atoms with E-state index in [1.807, 2.05) is 31.3 Å². The zero-order valence-electron chi connectivity index (χ0n) is 16.6. The summed E-state index contributed by atoms with van der Waals surface area (Å²) >= 11 is 0. The van der Waals surface area contributed by atoms with Crippen molar-refractivity contribution in [2.75, 3.05) is 14.2 Å². The second kappa shape index (κ2) is 8.65. The normalized spacial score (nSPS) is 11.1. The molecule has 6 heteroatoms. The van der Waals surface area contributed by atoms with Gasteiger partial charge in [-0.3, -0.25) is 4.79 Å². The summed E-state index contributed by atoms with van der Waals surface area (Å²) in [5, 5.41) is 9.89. The average Bonchev–Trinajstić information content (AvgIpc) is 3.02. The SMILES string of the molecule is COC(=O)c1ccc(Cc2cn(C)c3ccc(/C=C/CC(=O)O)cc23)c(OC)c1. The highest BCUT2D eigenvalue weighted by Crippen LogP contribution is 2.29. The van der Waals surface area contributed by atoms with E-state index in [1.54, 1.807) is 25.3 Å². The van der Waals surface area contributed by atoms with Gasteiger partial charge >= 0.3 is 11.9 Å². The van der Waals surface area contributed by atoms with Crippen molar-refractivity contribution in [2.24, 2.45) is 7.05 Å². The van der Waals surface area contributed by atoms with E-state index < -0.39 is 11.9 Å². The molecule has 2 aromatic carbocycles. The van der Waals surface area contributed by atoms with Gasteiger partial charge in [0.25, 0.3) is 0 Å². The average molecular weight is 393 g/mol. The van der Waals surface area contributed by atoms with Crippen molar-refractivity contribution in [2.45, 2.75) is 12.8 Å². The smallest absolute Gasteiger partial charge is 0.337 e. The molecule has 0 spiro atoms. The number of hydrogen-bond acceptors (Lipinski definition) is 4. The summed E-state index contributed by atoms with van der Waals surface area (Å²) in [4.78, 5) is 22.5. The maximum absolute atomic E-state index is 11.8. The lowest BCUT2D eigenvalue weighted by atomic mass is 10.0. The van der Waals surface area contributed by atoms with Crippen molar-refractivity contribution in [3.8, 4) is 5.75 Å². The summed E-state index contributed by atoms with van der Waals surface area (Å²) in [6.07, 6.45) is 6.15. The Morgan fingerprint density at radius 1 is 1.10 bits per heavy atom.